The number of nitrogens with one attached hydrogen (secondary N) is 1. The predicted molar refractivity (Wildman–Crippen MR) is 66.8 cm³/mol. The quantitative estimate of drug-likeness (QED) is 0.706. The number of rotatable bonds is 0. The molecule has 2 aliphatic heterocycles. The van der Waals surface area contributed by atoms with Crippen molar-refractivity contribution in [2.75, 3.05) is 26.2 Å². The lowest BCUT2D eigenvalue weighted by molar-refractivity contribution is -0.0547. The Morgan fingerprint density at radius 2 is 2.00 bits per heavy atom. The Balaban J connectivity index is 1.98. The van der Waals surface area contributed by atoms with Crippen LogP contribution >= 0.6 is 0 Å². The predicted octanol–water partition coefficient (Wildman–Crippen LogP) is 1.36. The number of carbonyl (C=O) groups excluding carboxylic acids is 1. The first-order valence-electron chi connectivity index (χ1n) is 6.31. The molecule has 1 spiro atoms. The maximum atomic E-state index is 11.9. The molecule has 0 saturated carbocycles. The van der Waals surface area contributed by atoms with Gasteiger partial charge in [0.1, 0.15) is 5.60 Å². The molecule has 5 heteroatoms. The number of carbonyl (C=O) groups is 1. The summed E-state index contributed by atoms with van der Waals surface area (Å²) in [6.45, 7) is 10.3. The van der Waals surface area contributed by atoms with E-state index in [0.29, 0.717) is 19.6 Å². The van der Waals surface area contributed by atoms with Crippen LogP contribution in [0.5, 0.6) is 0 Å². The first kappa shape index (κ1) is 13.2. The molecule has 2 heterocycles. The summed E-state index contributed by atoms with van der Waals surface area (Å²) in [5, 5.41) is 12.6. The molecule has 0 aromatic rings. The average Bonchev–Trinajstić information content (AvgIpc) is 2.51. The van der Waals surface area contributed by atoms with E-state index in [9.17, 15) is 10.1 Å². The van der Waals surface area contributed by atoms with Gasteiger partial charge in [-0.05, 0) is 27.7 Å². The minimum atomic E-state index is -0.466. The van der Waals surface area contributed by atoms with Gasteiger partial charge in [-0.15, -0.1) is 0 Å². The molecule has 0 radical (unpaired) electrons. The van der Waals surface area contributed by atoms with E-state index in [2.05, 4.69) is 11.4 Å². The second-order valence-corrected chi connectivity index (χ2v) is 6.66. The Morgan fingerprint density at radius 1 is 1.39 bits per heavy atom. The lowest BCUT2D eigenvalue weighted by Crippen LogP contribution is -2.65. The Hall–Kier alpha value is -1.28. The fourth-order valence-electron chi connectivity index (χ4n) is 2.69. The summed E-state index contributed by atoms with van der Waals surface area (Å²) in [6, 6.07) is 2.40. The number of nitriles is 1. The van der Waals surface area contributed by atoms with E-state index in [1.165, 1.54) is 0 Å². The van der Waals surface area contributed by atoms with Crippen molar-refractivity contribution in [2.24, 2.45) is 10.8 Å². The van der Waals surface area contributed by atoms with Crippen molar-refractivity contribution in [1.29, 1.82) is 5.26 Å². The number of amides is 1. The van der Waals surface area contributed by atoms with E-state index in [1.807, 2.05) is 27.7 Å². The van der Waals surface area contributed by atoms with Crippen LogP contribution in [0.2, 0.25) is 0 Å². The van der Waals surface area contributed by atoms with E-state index in [0.717, 1.165) is 6.54 Å². The zero-order valence-electron chi connectivity index (χ0n) is 11.5. The van der Waals surface area contributed by atoms with E-state index in [-0.39, 0.29) is 16.9 Å². The highest BCUT2D eigenvalue weighted by Crippen LogP contribution is 2.48. The molecule has 1 amide bonds. The van der Waals surface area contributed by atoms with Gasteiger partial charge in [-0.1, -0.05) is 0 Å². The highest BCUT2D eigenvalue weighted by atomic mass is 16.6. The average molecular weight is 251 g/mol. The van der Waals surface area contributed by atoms with Gasteiger partial charge in [-0.2, -0.15) is 5.26 Å². The third-order valence-electron chi connectivity index (χ3n) is 4.00. The standard InChI is InChI=1S/C13H21N3O2/c1-11(2,3)18-10(17)16-8-13(9-16)7-15-6-12(13,4)5-14/h15H,6-9H2,1-4H3. The molecular weight excluding hydrogens is 230 g/mol. The van der Waals surface area contributed by atoms with Crippen molar-refractivity contribution in [3.63, 3.8) is 0 Å². The molecule has 100 valence electrons. The summed E-state index contributed by atoms with van der Waals surface area (Å²) in [6.07, 6.45) is -0.277. The van der Waals surface area contributed by atoms with Gasteiger partial charge in [-0.3, -0.25) is 0 Å². The minimum Gasteiger partial charge on any atom is -0.444 e. The molecule has 1 N–H and O–H groups in total. The zero-order chi connectivity index (χ0) is 13.6. The Kier molecular flexibility index (Phi) is 2.82. The zero-order valence-corrected chi connectivity index (χ0v) is 11.5. The van der Waals surface area contributed by atoms with Crippen LogP contribution in [0.3, 0.4) is 0 Å². The highest BCUT2D eigenvalue weighted by Gasteiger charge is 2.60. The lowest BCUT2D eigenvalue weighted by atomic mass is 9.63. The van der Waals surface area contributed by atoms with Crippen molar-refractivity contribution in [1.82, 2.24) is 10.2 Å². The van der Waals surface area contributed by atoms with Crippen molar-refractivity contribution in [3.05, 3.63) is 0 Å². The molecule has 1 unspecified atom stereocenters. The van der Waals surface area contributed by atoms with Crippen LogP contribution in [0.1, 0.15) is 27.7 Å². The molecule has 2 fully saturated rings. The molecule has 0 aliphatic carbocycles. The molecule has 1 atom stereocenters. The summed E-state index contributed by atoms with van der Waals surface area (Å²) in [5.41, 5.74) is -0.948. The van der Waals surface area contributed by atoms with E-state index in [4.69, 9.17) is 4.74 Å². The number of nitrogens with zero attached hydrogens (tertiary/aromatic N) is 2. The van der Waals surface area contributed by atoms with Gasteiger partial charge in [0.2, 0.25) is 0 Å². The van der Waals surface area contributed by atoms with Crippen LogP contribution in [0.15, 0.2) is 0 Å². The summed E-state index contributed by atoms with van der Waals surface area (Å²) >= 11 is 0. The molecule has 2 rings (SSSR count). The summed E-state index contributed by atoms with van der Waals surface area (Å²) in [4.78, 5) is 13.6. The molecule has 0 aromatic heterocycles. The minimum absolute atomic E-state index is 0.0986. The number of ether oxygens (including phenoxy) is 1. The third kappa shape index (κ3) is 1.95. The first-order valence-corrected chi connectivity index (χ1v) is 6.31. The maximum Gasteiger partial charge on any atom is 0.410 e. The molecule has 0 bridgehead atoms. The number of likely N-dealkylation sites (tertiary alicyclic amines) is 1. The Bertz CT molecular complexity index is 401. The first-order chi connectivity index (χ1) is 8.21. The van der Waals surface area contributed by atoms with E-state index >= 15 is 0 Å². The van der Waals surface area contributed by atoms with Gasteiger partial charge in [0.25, 0.3) is 0 Å². The van der Waals surface area contributed by atoms with E-state index in [1.54, 1.807) is 4.90 Å². The van der Waals surface area contributed by atoms with Crippen molar-refractivity contribution >= 4 is 6.09 Å². The summed E-state index contributed by atoms with van der Waals surface area (Å²) in [5.74, 6) is 0. The SMILES string of the molecule is CC(C)(C)OC(=O)N1CC2(CNCC2(C)C#N)C1. The van der Waals surface area contributed by atoms with Crippen LogP contribution in [0, 0.1) is 22.2 Å². The van der Waals surface area contributed by atoms with Crippen LogP contribution in [-0.4, -0.2) is 42.8 Å². The second kappa shape index (κ2) is 3.86. The third-order valence-corrected chi connectivity index (χ3v) is 4.00. The highest BCUT2D eigenvalue weighted by molar-refractivity contribution is 5.69. The van der Waals surface area contributed by atoms with Crippen molar-refractivity contribution in [2.45, 2.75) is 33.3 Å². The smallest absolute Gasteiger partial charge is 0.410 e. The fourth-order valence-corrected chi connectivity index (χ4v) is 2.69. The van der Waals surface area contributed by atoms with Gasteiger partial charge in [0.15, 0.2) is 0 Å². The number of hydrogen-bond acceptors (Lipinski definition) is 4. The van der Waals surface area contributed by atoms with Gasteiger partial charge in [0.05, 0.1) is 11.5 Å². The summed E-state index contributed by atoms with van der Waals surface area (Å²) < 4.78 is 5.33. The van der Waals surface area contributed by atoms with Gasteiger partial charge in [0, 0.05) is 31.6 Å². The van der Waals surface area contributed by atoms with E-state index < -0.39 is 5.60 Å². The second-order valence-electron chi connectivity index (χ2n) is 6.66. The molecule has 2 aliphatic rings. The lowest BCUT2D eigenvalue weighted by Gasteiger charge is -2.52. The van der Waals surface area contributed by atoms with Crippen LogP contribution in [-0.2, 0) is 4.74 Å². The Morgan fingerprint density at radius 3 is 2.50 bits per heavy atom. The van der Waals surface area contributed by atoms with Crippen LogP contribution in [0.4, 0.5) is 4.79 Å². The van der Waals surface area contributed by atoms with Gasteiger partial charge in [-0.25, -0.2) is 4.79 Å². The van der Waals surface area contributed by atoms with Gasteiger partial charge >= 0.3 is 6.09 Å². The topological polar surface area (TPSA) is 65.4 Å². The Labute approximate surface area is 108 Å². The molecule has 0 aromatic carbocycles. The molecule has 18 heavy (non-hydrogen) atoms. The van der Waals surface area contributed by atoms with Gasteiger partial charge < -0.3 is 15.0 Å². The molecular formula is C13H21N3O2. The molecule has 2 saturated heterocycles. The van der Waals surface area contributed by atoms with Crippen molar-refractivity contribution in [3.8, 4) is 6.07 Å². The van der Waals surface area contributed by atoms with Crippen LogP contribution in [0.25, 0.3) is 0 Å². The normalized spacial score (nSPS) is 29.8. The summed E-state index contributed by atoms with van der Waals surface area (Å²) in [7, 11) is 0. The maximum absolute atomic E-state index is 11.9. The molecule has 5 nitrogen and oxygen atoms in total. The largest absolute Gasteiger partial charge is 0.444 e. The van der Waals surface area contributed by atoms with Crippen LogP contribution < -0.4 is 5.32 Å². The number of hydrogen-bond donors (Lipinski definition) is 1. The monoisotopic (exact) mass is 251 g/mol. The van der Waals surface area contributed by atoms with Crippen molar-refractivity contribution < 1.29 is 9.53 Å². The fraction of sp³-hybridized carbons (Fsp3) is 0.846.